The van der Waals surface area contributed by atoms with E-state index in [0.29, 0.717) is 28.8 Å². The van der Waals surface area contributed by atoms with E-state index in [-0.39, 0.29) is 5.91 Å². The highest BCUT2D eigenvalue weighted by atomic mass is 16.5. The van der Waals surface area contributed by atoms with E-state index in [1.807, 2.05) is 12.1 Å². The summed E-state index contributed by atoms with van der Waals surface area (Å²) in [6.45, 7) is 4.30. The Morgan fingerprint density at radius 2 is 2.00 bits per heavy atom. The van der Waals surface area contributed by atoms with Gasteiger partial charge in [-0.2, -0.15) is 0 Å². The van der Waals surface area contributed by atoms with Crippen molar-refractivity contribution in [3.8, 4) is 11.5 Å². The highest BCUT2D eigenvalue weighted by Crippen LogP contribution is 2.30. The Balaban J connectivity index is 1.75. The van der Waals surface area contributed by atoms with Crippen molar-refractivity contribution in [3.63, 3.8) is 0 Å². The van der Waals surface area contributed by atoms with Gasteiger partial charge in [0.15, 0.2) is 11.5 Å². The minimum absolute atomic E-state index is 0.246. The maximum absolute atomic E-state index is 12.6. The summed E-state index contributed by atoms with van der Waals surface area (Å²) < 4.78 is 10.5. The van der Waals surface area contributed by atoms with E-state index in [2.05, 4.69) is 22.1 Å². The number of methoxy groups -OCH3 is 2. The first-order chi connectivity index (χ1) is 12.6. The van der Waals surface area contributed by atoms with Crippen LogP contribution in [-0.2, 0) is 0 Å². The molecule has 1 saturated heterocycles. The van der Waals surface area contributed by atoms with Gasteiger partial charge in [0.1, 0.15) is 5.69 Å². The molecule has 138 valence electrons. The van der Waals surface area contributed by atoms with E-state index in [9.17, 15) is 4.79 Å². The standard InChI is InChI=1S/C20H25N3O3/c1-14-5-4-10-23(13-14)16-8-9-21-17(12-16)20(24)22-15-6-7-18(25-2)19(11-15)26-3/h6-9,11-12,14H,4-5,10,13H2,1-3H3,(H,22,24). The molecule has 1 fully saturated rings. The zero-order chi connectivity index (χ0) is 18.5. The Hall–Kier alpha value is -2.76. The lowest BCUT2D eigenvalue weighted by Gasteiger charge is -2.32. The van der Waals surface area contributed by atoms with E-state index in [4.69, 9.17) is 9.47 Å². The van der Waals surface area contributed by atoms with Crippen molar-refractivity contribution in [1.29, 1.82) is 0 Å². The predicted octanol–water partition coefficient (Wildman–Crippen LogP) is 3.59. The van der Waals surface area contributed by atoms with Gasteiger partial charge >= 0.3 is 0 Å². The molecule has 3 rings (SSSR count). The summed E-state index contributed by atoms with van der Waals surface area (Å²) in [6.07, 6.45) is 4.13. The molecule has 2 heterocycles. The summed E-state index contributed by atoms with van der Waals surface area (Å²) in [7, 11) is 3.14. The smallest absolute Gasteiger partial charge is 0.274 e. The fraction of sp³-hybridized carbons (Fsp3) is 0.400. The molecule has 0 radical (unpaired) electrons. The van der Waals surface area contributed by atoms with Gasteiger partial charge in [-0.3, -0.25) is 9.78 Å². The summed E-state index contributed by atoms with van der Waals surface area (Å²) in [4.78, 5) is 19.2. The van der Waals surface area contributed by atoms with Crippen LogP contribution in [0.2, 0.25) is 0 Å². The fourth-order valence-corrected chi connectivity index (χ4v) is 3.27. The number of nitrogens with one attached hydrogen (secondary N) is 1. The van der Waals surface area contributed by atoms with E-state index in [0.717, 1.165) is 18.8 Å². The van der Waals surface area contributed by atoms with Gasteiger partial charge in [-0.1, -0.05) is 6.92 Å². The summed E-state index contributed by atoms with van der Waals surface area (Å²) >= 11 is 0. The van der Waals surface area contributed by atoms with Crippen LogP contribution in [0.3, 0.4) is 0 Å². The van der Waals surface area contributed by atoms with Crippen molar-refractivity contribution in [2.24, 2.45) is 5.92 Å². The van der Waals surface area contributed by atoms with Crippen LogP contribution in [-0.4, -0.2) is 38.2 Å². The van der Waals surface area contributed by atoms with E-state index in [1.54, 1.807) is 38.6 Å². The van der Waals surface area contributed by atoms with Gasteiger partial charge in [-0.25, -0.2) is 0 Å². The summed E-state index contributed by atoms with van der Waals surface area (Å²) in [5.41, 5.74) is 2.07. The summed E-state index contributed by atoms with van der Waals surface area (Å²) in [5, 5.41) is 2.87. The van der Waals surface area contributed by atoms with Crippen LogP contribution >= 0.6 is 0 Å². The number of carbonyl (C=O) groups excluding carboxylic acids is 1. The summed E-state index contributed by atoms with van der Waals surface area (Å²) in [5.74, 6) is 1.60. The lowest BCUT2D eigenvalue weighted by atomic mass is 10.00. The summed E-state index contributed by atoms with van der Waals surface area (Å²) in [6, 6.07) is 9.08. The van der Waals surface area contributed by atoms with Crippen LogP contribution in [0.5, 0.6) is 11.5 Å². The molecule has 2 aromatic rings. The van der Waals surface area contributed by atoms with E-state index in [1.165, 1.54) is 12.8 Å². The average Bonchev–Trinajstić information content (AvgIpc) is 2.68. The minimum atomic E-state index is -0.246. The zero-order valence-electron chi connectivity index (χ0n) is 15.5. The second-order valence-corrected chi connectivity index (χ2v) is 6.62. The number of ether oxygens (including phenoxy) is 2. The Kier molecular flexibility index (Phi) is 5.61. The van der Waals surface area contributed by atoms with Gasteiger partial charge in [0.05, 0.1) is 14.2 Å². The number of hydrogen-bond donors (Lipinski definition) is 1. The molecule has 6 heteroatoms. The molecule has 1 aliphatic heterocycles. The number of pyridine rings is 1. The minimum Gasteiger partial charge on any atom is -0.493 e. The molecule has 0 spiro atoms. The zero-order valence-corrected chi connectivity index (χ0v) is 15.5. The molecule has 1 aromatic heterocycles. The van der Waals surface area contributed by atoms with Gasteiger partial charge < -0.3 is 19.7 Å². The molecular weight excluding hydrogens is 330 g/mol. The molecule has 0 saturated carbocycles. The third-order valence-electron chi connectivity index (χ3n) is 4.64. The average molecular weight is 355 g/mol. The number of carbonyl (C=O) groups is 1. The molecule has 1 aromatic carbocycles. The molecule has 1 amide bonds. The Labute approximate surface area is 154 Å². The van der Waals surface area contributed by atoms with Crippen LogP contribution < -0.4 is 19.7 Å². The Morgan fingerprint density at radius 1 is 1.19 bits per heavy atom. The highest BCUT2D eigenvalue weighted by Gasteiger charge is 2.18. The quantitative estimate of drug-likeness (QED) is 0.888. The van der Waals surface area contributed by atoms with E-state index >= 15 is 0 Å². The van der Waals surface area contributed by atoms with Crippen LogP contribution in [0.15, 0.2) is 36.5 Å². The molecule has 0 bridgehead atoms. The Bertz CT molecular complexity index is 779. The topological polar surface area (TPSA) is 63.7 Å². The Morgan fingerprint density at radius 3 is 2.73 bits per heavy atom. The normalized spacial score (nSPS) is 16.9. The first-order valence-electron chi connectivity index (χ1n) is 8.85. The third-order valence-corrected chi connectivity index (χ3v) is 4.64. The van der Waals surface area contributed by atoms with Crippen molar-refractivity contribution in [3.05, 3.63) is 42.2 Å². The van der Waals surface area contributed by atoms with E-state index < -0.39 is 0 Å². The van der Waals surface area contributed by atoms with Gasteiger partial charge in [-0.05, 0) is 43.0 Å². The second kappa shape index (κ2) is 8.08. The highest BCUT2D eigenvalue weighted by molar-refractivity contribution is 6.03. The molecule has 1 N–H and O–H groups in total. The first-order valence-corrected chi connectivity index (χ1v) is 8.85. The number of benzene rings is 1. The molecule has 1 unspecified atom stereocenters. The van der Waals surface area contributed by atoms with Gasteiger partial charge in [0.25, 0.3) is 5.91 Å². The van der Waals surface area contributed by atoms with Gasteiger partial charge in [-0.15, -0.1) is 0 Å². The van der Waals surface area contributed by atoms with Gasteiger partial charge in [0, 0.05) is 36.7 Å². The molecule has 1 atom stereocenters. The lowest BCUT2D eigenvalue weighted by molar-refractivity contribution is 0.102. The third kappa shape index (κ3) is 4.07. The first kappa shape index (κ1) is 18.0. The number of nitrogens with zero attached hydrogens (tertiary/aromatic N) is 2. The predicted molar refractivity (Wildman–Crippen MR) is 102 cm³/mol. The molecule has 0 aliphatic carbocycles. The second-order valence-electron chi connectivity index (χ2n) is 6.62. The molecule has 1 aliphatic rings. The largest absolute Gasteiger partial charge is 0.493 e. The SMILES string of the molecule is COc1ccc(NC(=O)c2cc(N3CCCC(C)C3)ccn2)cc1OC. The number of anilines is 2. The maximum atomic E-state index is 12.6. The van der Waals surface area contributed by atoms with Crippen molar-refractivity contribution in [2.75, 3.05) is 37.5 Å². The molecule has 6 nitrogen and oxygen atoms in total. The van der Waals surface area contributed by atoms with Crippen molar-refractivity contribution >= 4 is 17.3 Å². The van der Waals surface area contributed by atoms with Crippen molar-refractivity contribution < 1.29 is 14.3 Å². The molecular formula is C20H25N3O3. The number of amides is 1. The maximum Gasteiger partial charge on any atom is 0.274 e. The molecule has 26 heavy (non-hydrogen) atoms. The van der Waals surface area contributed by atoms with Crippen molar-refractivity contribution in [1.82, 2.24) is 4.98 Å². The monoisotopic (exact) mass is 355 g/mol. The van der Waals surface area contributed by atoms with Crippen molar-refractivity contribution in [2.45, 2.75) is 19.8 Å². The van der Waals surface area contributed by atoms with Crippen LogP contribution in [0, 0.1) is 5.92 Å². The number of aromatic nitrogens is 1. The van der Waals surface area contributed by atoms with Crippen LogP contribution in [0.25, 0.3) is 0 Å². The fourth-order valence-electron chi connectivity index (χ4n) is 3.27. The van der Waals surface area contributed by atoms with Crippen LogP contribution in [0.1, 0.15) is 30.3 Å². The number of piperidine rings is 1. The van der Waals surface area contributed by atoms with Gasteiger partial charge in [0.2, 0.25) is 0 Å². The number of hydrogen-bond acceptors (Lipinski definition) is 5. The number of rotatable bonds is 5. The van der Waals surface area contributed by atoms with Crippen LogP contribution in [0.4, 0.5) is 11.4 Å². The lowest BCUT2D eigenvalue weighted by Crippen LogP contribution is -2.34.